The molecule has 5 heteroatoms. The van der Waals surface area contributed by atoms with Gasteiger partial charge >= 0.3 is 0 Å². The minimum atomic E-state index is -1.26. The van der Waals surface area contributed by atoms with Crippen molar-refractivity contribution in [3.05, 3.63) is 36.4 Å². The number of anilines is 1. The highest BCUT2D eigenvalue weighted by atomic mass is 32.2. The van der Waals surface area contributed by atoms with Crippen LogP contribution in [0.5, 0.6) is 0 Å². The third-order valence-electron chi connectivity index (χ3n) is 4.06. The van der Waals surface area contributed by atoms with Gasteiger partial charge in [-0.1, -0.05) is 45.0 Å². The molecule has 2 atom stereocenters. The molecule has 0 amide bonds. The summed E-state index contributed by atoms with van der Waals surface area (Å²) in [6, 6.07) is 11.7. The zero-order chi connectivity index (χ0) is 16.8. The summed E-state index contributed by atoms with van der Waals surface area (Å²) >= 11 is 0. The van der Waals surface area contributed by atoms with E-state index in [1.54, 1.807) is 0 Å². The van der Waals surface area contributed by atoms with Gasteiger partial charge in [0.2, 0.25) is 0 Å². The molecule has 23 heavy (non-hydrogen) atoms. The van der Waals surface area contributed by atoms with Crippen molar-refractivity contribution in [3.8, 4) is 0 Å². The van der Waals surface area contributed by atoms with E-state index in [1.807, 2.05) is 36.4 Å². The van der Waals surface area contributed by atoms with Gasteiger partial charge in [0.1, 0.15) is 11.0 Å². The van der Waals surface area contributed by atoms with E-state index in [-0.39, 0.29) is 6.04 Å². The van der Waals surface area contributed by atoms with E-state index >= 15 is 0 Å². The van der Waals surface area contributed by atoms with Gasteiger partial charge in [0.15, 0.2) is 0 Å². The second kappa shape index (κ2) is 8.43. The average molecular weight is 334 g/mol. The van der Waals surface area contributed by atoms with Crippen molar-refractivity contribution in [3.63, 3.8) is 0 Å². The van der Waals surface area contributed by atoms with Crippen LogP contribution < -0.4 is 15.8 Å². The first-order chi connectivity index (χ1) is 11.0. The molecule has 0 bridgehead atoms. The summed E-state index contributed by atoms with van der Waals surface area (Å²) in [7, 11) is -1.26. The number of nitrogens with one attached hydrogen (secondary N) is 2. The number of fused-ring (bicyclic) bond motifs is 1. The Kier molecular flexibility index (Phi) is 6.57. The largest absolute Gasteiger partial charge is 0.398 e. The standard InChI is InChI=1S/C18H27N3OS/c1-4-20-12-11-17(13(2)3)21-23(22)18-10-9-16(19)14-7-5-6-8-15(14)18/h5-10,13,17,20-21H,4,11-12,19H2,1-3H3. The molecule has 0 heterocycles. The molecule has 0 aliphatic carbocycles. The molecule has 2 unspecified atom stereocenters. The Balaban J connectivity index is 2.21. The van der Waals surface area contributed by atoms with Gasteiger partial charge in [-0.25, -0.2) is 8.93 Å². The number of hydrogen-bond donors (Lipinski definition) is 3. The van der Waals surface area contributed by atoms with Crippen LogP contribution in [0.3, 0.4) is 0 Å². The Morgan fingerprint density at radius 1 is 1.13 bits per heavy atom. The van der Waals surface area contributed by atoms with E-state index < -0.39 is 11.0 Å². The maximum absolute atomic E-state index is 12.9. The molecule has 0 aromatic heterocycles. The number of nitrogen functional groups attached to an aromatic ring is 1. The minimum Gasteiger partial charge on any atom is -0.398 e. The molecule has 0 radical (unpaired) electrons. The molecule has 0 fully saturated rings. The first-order valence-electron chi connectivity index (χ1n) is 8.20. The van der Waals surface area contributed by atoms with Crippen molar-refractivity contribution in [2.24, 2.45) is 5.92 Å². The normalized spacial score (nSPS) is 14.3. The molecule has 4 N–H and O–H groups in total. The van der Waals surface area contributed by atoms with Crippen LogP contribution in [0, 0.1) is 5.92 Å². The van der Waals surface area contributed by atoms with Crippen molar-refractivity contribution >= 4 is 27.4 Å². The van der Waals surface area contributed by atoms with Gasteiger partial charge in [-0.15, -0.1) is 0 Å². The smallest absolute Gasteiger partial charge is 0.125 e. The van der Waals surface area contributed by atoms with Gasteiger partial charge in [-0.2, -0.15) is 0 Å². The molecule has 0 aliphatic heterocycles. The second-order valence-electron chi connectivity index (χ2n) is 6.08. The highest BCUT2D eigenvalue weighted by Gasteiger charge is 2.18. The first kappa shape index (κ1) is 17.9. The lowest BCUT2D eigenvalue weighted by molar-refractivity contribution is 0.425. The predicted octanol–water partition coefficient (Wildman–Crippen LogP) is 3.06. The average Bonchev–Trinajstić information content (AvgIpc) is 2.54. The zero-order valence-electron chi connectivity index (χ0n) is 14.1. The Labute approximate surface area is 141 Å². The number of hydrogen-bond acceptors (Lipinski definition) is 3. The third kappa shape index (κ3) is 4.53. The van der Waals surface area contributed by atoms with Crippen molar-refractivity contribution in [2.75, 3.05) is 18.8 Å². The number of rotatable bonds is 8. The molecule has 126 valence electrons. The van der Waals surface area contributed by atoms with Crippen molar-refractivity contribution in [1.29, 1.82) is 0 Å². The molecule has 0 saturated heterocycles. The van der Waals surface area contributed by atoms with E-state index in [2.05, 4.69) is 30.8 Å². The van der Waals surface area contributed by atoms with Gasteiger partial charge in [0, 0.05) is 22.5 Å². The van der Waals surface area contributed by atoms with E-state index in [0.717, 1.165) is 35.2 Å². The fourth-order valence-electron chi connectivity index (χ4n) is 2.62. The van der Waals surface area contributed by atoms with Crippen molar-refractivity contribution in [1.82, 2.24) is 10.0 Å². The second-order valence-corrected chi connectivity index (χ2v) is 7.29. The van der Waals surface area contributed by atoms with E-state index in [1.165, 1.54) is 0 Å². The van der Waals surface area contributed by atoms with Crippen LogP contribution in [0.1, 0.15) is 27.2 Å². The summed E-state index contributed by atoms with van der Waals surface area (Å²) in [5, 5.41) is 5.23. The molecule has 2 rings (SSSR count). The van der Waals surface area contributed by atoms with Crippen LogP contribution >= 0.6 is 0 Å². The molecule has 4 nitrogen and oxygen atoms in total. The monoisotopic (exact) mass is 333 g/mol. The van der Waals surface area contributed by atoms with E-state index in [4.69, 9.17) is 5.73 Å². The summed E-state index contributed by atoms with van der Waals surface area (Å²) in [5.41, 5.74) is 6.74. The van der Waals surface area contributed by atoms with Crippen molar-refractivity contribution in [2.45, 2.75) is 38.1 Å². The minimum absolute atomic E-state index is 0.200. The van der Waals surface area contributed by atoms with Gasteiger partial charge < -0.3 is 11.1 Å². The van der Waals surface area contributed by atoms with Crippen LogP contribution in [0.2, 0.25) is 0 Å². The lowest BCUT2D eigenvalue weighted by atomic mass is 10.0. The fraction of sp³-hybridized carbons (Fsp3) is 0.444. The van der Waals surface area contributed by atoms with Gasteiger partial charge in [-0.05, 0) is 37.6 Å². The molecular formula is C18H27N3OS. The summed E-state index contributed by atoms with van der Waals surface area (Å²) in [4.78, 5) is 0.795. The molecule has 2 aromatic carbocycles. The van der Waals surface area contributed by atoms with Gasteiger partial charge in [0.25, 0.3) is 0 Å². The van der Waals surface area contributed by atoms with Crippen LogP contribution in [-0.2, 0) is 11.0 Å². The fourth-order valence-corrected chi connectivity index (χ4v) is 3.98. The highest BCUT2D eigenvalue weighted by molar-refractivity contribution is 7.83. The zero-order valence-corrected chi connectivity index (χ0v) is 15.0. The lowest BCUT2D eigenvalue weighted by Crippen LogP contribution is -2.37. The van der Waals surface area contributed by atoms with Crippen LogP contribution in [0.15, 0.2) is 41.3 Å². The van der Waals surface area contributed by atoms with Gasteiger partial charge in [0.05, 0.1) is 4.90 Å². The highest BCUT2D eigenvalue weighted by Crippen LogP contribution is 2.26. The first-order valence-corrected chi connectivity index (χ1v) is 9.35. The molecule has 0 saturated carbocycles. The summed E-state index contributed by atoms with van der Waals surface area (Å²) in [6.07, 6.45) is 0.949. The Morgan fingerprint density at radius 3 is 2.48 bits per heavy atom. The summed E-state index contributed by atoms with van der Waals surface area (Å²) in [5.74, 6) is 0.414. The molecular weight excluding hydrogens is 306 g/mol. The topological polar surface area (TPSA) is 67.1 Å². The number of benzene rings is 2. The van der Waals surface area contributed by atoms with Crippen LogP contribution in [-0.4, -0.2) is 23.3 Å². The maximum Gasteiger partial charge on any atom is 0.125 e. The van der Waals surface area contributed by atoms with E-state index in [9.17, 15) is 4.21 Å². The quantitative estimate of drug-likeness (QED) is 0.514. The lowest BCUT2D eigenvalue weighted by Gasteiger charge is -2.22. The third-order valence-corrected chi connectivity index (χ3v) is 5.34. The molecule has 2 aromatic rings. The van der Waals surface area contributed by atoms with Crippen LogP contribution in [0.4, 0.5) is 5.69 Å². The van der Waals surface area contributed by atoms with Crippen molar-refractivity contribution < 1.29 is 4.21 Å². The number of nitrogens with two attached hydrogens (primary N) is 1. The molecule has 0 aliphatic rings. The van der Waals surface area contributed by atoms with Crippen LogP contribution in [0.25, 0.3) is 10.8 Å². The summed E-state index contributed by atoms with van der Waals surface area (Å²) in [6.45, 7) is 8.28. The Hall–Kier alpha value is -1.43. The van der Waals surface area contributed by atoms with E-state index in [0.29, 0.717) is 11.6 Å². The Morgan fingerprint density at radius 2 is 1.83 bits per heavy atom. The SMILES string of the molecule is CCNCCC(NS(=O)c1ccc(N)c2ccccc12)C(C)C. The maximum atomic E-state index is 12.9. The Bertz CT molecular complexity index is 672. The molecule has 0 spiro atoms. The predicted molar refractivity (Wildman–Crippen MR) is 99.7 cm³/mol. The van der Waals surface area contributed by atoms with Gasteiger partial charge in [-0.3, -0.25) is 0 Å². The summed E-state index contributed by atoms with van der Waals surface area (Å²) < 4.78 is 16.2.